The summed E-state index contributed by atoms with van der Waals surface area (Å²) in [6.07, 6.45) is 0. The van der Waals surface area contributed by atoms with Gasteiger partial charge in [-0.15, -0.1) is 0 Å². The van der Waals surface area contributed by atoms with Gasteiger partial charge in [-0.3, -0.25) is 5.84 Å². The van der Waals surface area contributed by atoms with Crippen molar-refractivity contribution in [3.63, 3.8) is 0 Å². The summed E-state index contributed by atoms with van der Waals surface area (Å²) >= 11 is 5.74. The Morgan fingerprint density at radius 3 is 2.12 bits per heavy atom. The third-order valence-electron chi connectivity index (χ3n) is 2.72. The van der Waals surface area contributed by atoms with Crippen LogP contribution in [0, 0.1) is 0 Å². The molecule has 0 spiro atoms. The number of benzene rings is 1. The first-order valence-corrected chi connectivity index (χ1v) is 7.07. The maximum atomic E-state index is 12.2. The minimum atomic E-state index is -3.41. The molecule has 1 aliphatic heterocycles. The van der Waals surface area contributed by atoms with Crippen molar-refractivity contribution in [1.82, 2.24) is 9.31 Å². The molecule has 2 N–H and O–H groups in total. The fraction of sp³-hybridized carbons (Fsp3) is 0.400. The smallest absolute Gasteiger partial charge is 0.243 e. The number of nitrogens with zero attached hydrogens (tertiary/aromatic N) is 2. The number of nitrogens with two attached hydrogens (primary N) is 1. The Balaban J connectivity index is 2.21. The van der Waals surface area contributed by atoms with Gasteiger partial charge >= 0.3 is 0 Å². The highest BCUT2D eigenvalue weighted by Gasteiger charge is 2.27. The molecule has 0 atom stereocenters. The van der Waals surface area contributed by atoms with Crippen LogP contribution in [0.3, 0.4) is 0 Å². The van der Waals surface area contributed by atoms with Crippen LogP contribution in [0.1, 0.15) is 0 Å². The molecule has 17 heavy (non-hydrogen) atoms. The molecule has 0 aliphatic carbocycles. The van der Waals surface area contributed by atoms with E-state index in [4.69, 9.17) is 17.4 Å². The largest absolute Gasteiger partial charge is 0.269 e. The van der Waals surface area contributed by atoms with Gasteiger partial charge in [0, 0.05) is 31.2 Å². The maximum absolute atomic E-state index is 12.2. The van der Waals surface area contributed by atoms with Crippen molar-refractivity contribution in [3.05, 3.63) is 29.3 Å². The molecule has 1 fully saturated rings. The molecule has 1 aromatic carbocycles. The van der Waals surface area contributed by atoms with Crippen LogP contribution in [0.25, 0.3) is 0 Å². The van der Waals surface area contributed by atoms with Crippen molar-refractivity contribution in [1.29, 1.82) is 0 Å². The molecule has 0 aromatic heterocycles. The number of rotatable bonds is 2. The Bertz CT molecular complexity index is 481. The van der Waals surface area contributed by atoms with E-state index in [-0.39, 0.29) is 4.90 Å². The molecule has 0 bridgehead atoms. The number of piperazine rings is 1. The second kappa shape index (κ2) is 4.91. The van der Waals surface area contributed by atoms with Crippen LogP contribution in [0.2, 0.25) is 5.02 Å². The Labute approximate surface area is 106 Å². The van der Waals surface area contributed by atoms with Crippen molar-refractivity contribution in [2.75, 3.05) is 26.2 Å². The Hall–Kier alpha value is -0.660. The lowest BCUT2D eigenvalue weighted by Gasteiger charge is -2.31. The van der Waals surface area contributed by atoms with Gasteiger partial charge in [0.1, 0.15) is 0 Å². The van der Waals surface area contributed by atoms with E-state index in [0.29, 0.717) is 31.2 Å². The zero-order valence-electron chi connectivity index (χ0n) is 9.21. The average Bonchev–Trinajstić information content (AvgIpc) is 2.30. The quantitative estimate of drug-likeness (QED) is 0.799. The van der Waals surface area contributed by atoms with Gasteiger partial charge in [-0.1, -0.05) is 11.6 Å². The normalized spacial score (nSPS) is 19.4. The molecule has 1 saturated heterocycles. The standard InChI is InChI=1S/C10H14ClN3O2S/c11-9-1-3-10(4-2-9)17(15,16)14-7-5-13(12)6-8-14/h1-4H,5-8,12H2. The van der Waals surface area contributed by atoms with Gasteiger partial charge in [-0.05, 0) is 24.3 Å². The molecule has 2 rings (SSSR count). The Kier molecular flexibility index (Phi) is 3.70. The van der Waals surface area contributed by atoms with Crippen LogP contribution >= 0.6 is 11.6 Å². The summed E-state index contributed by atoms with van der Waals surface area (Å²) in [4.78, 5) is 0.271. The molecule has 1 heterocycles. The summed E-state index contributed by atoms with van der Waals surface area (Å²) in [6, 6.07) is 6.19. The molecule has 1 aliphatic rings. The fourth-order valence-electron chi connectivity index (χ4n) is 1.70. The second-order valence-electron chi connectivity index (χ2n) is 3.89. The molecule has 1 aromatic rings. The Morgan fingerprint density at radius 1 is 1.06 bits per heavy atom. The molecular weight excluding hydrogens is 262 g/mol. The minimum absolute atomic E-state index is 0.271. The summed E-state index contributed by atoms with van der Waals surface area (Å²) in [5, 5.41) is 2.14. The van der Waals surface area contributed by atoms with E-state index in [1.807, 2.05) is 0 Å². The predicted molar refractivity (Wildman–Crippen MR) is 66.0 cm³/mol. The maximum Gasteiger partial charge on any atom is 0.243 e. The number of halogens is 1. The van der Waals surface area contributed by atoms with Gasteiger partial charge in [0.2, 0.25) is 10.0 Å². The zero-order valence-corrected chi connectivity index (χ0v) is 10.8. The summed E-state index contributed by atoms with van der Waals surface area (Å²) in [6.45, 7) is 1.93. The van der Waals surface area contributed by atoms with Gasteiger partial charge in [-0.2, -0.15) is 4.31 Å². The van der Waals surface area contributed by atoms with Gasteiger partial charge in [0.25, 0.3) is 0 Å². The highest BCUT2D eigenvalue weighted by molar-refractivity contribution is 7.89. The first-order valence-electron chi connectivity index (χ1n) is 5.25. The van der Waals surface area contributed by atoms with Gasteiger partial charge < -0.3 is 0 Å². The fourth-order valence-corrected chi connectivity index (χ4v) is 3.25. The predicted octanol–water partition coefficient (Wildman–Crippen LogP) is 0.520. The minimum Gasteiger partial charge on any atom is -0.269 e. The third kappa shape index (κ3) is 2.78. The molecule has 0 unspecified atom stereocenters. The summed E-state index contributed by atoms with van der Waals surface area (Å²) < 4.78 is 25.9. The first kappa shape index (κ1) is 12.8. The molecule has 0 amide bonds. The number of hydrogen-bond acceptors (Lipinski definition) is 4. The van der Waals surface area contributed by atoms with Crippen molar-refractivity contribution >= 4 is 21.6 Å². The van der Waals surface area contributed by atoms with Crippen LogP contribution < -0.4 is 5.84 Å². The number of hydrogen-bond donors (Lipinski definition) is 1. The van der Waals surface area contributed by atoms with Crippen LogP contribution in [-0.2, 0) is 10.0 Å². The Morgan fingerprint density at radius 2 is 1.59 bits per heavy atom. The number of hydrazine groups is 1. The molecule has 0 radical (unpaired) electrons. The molecule has 5 nitrogen and oxygen atoms in total. The topological polar surface area (TPSA) is 66.6 Å². The van der Waals surface area contributed by atoms with Gasteiger partial charge in [-0.25, -0.2) is 13.4 Å². The van der Waals surface area contributed by atoms with E-state index < -0.39 is 10.0 Å². The van der Waals surface area contributed by atoms with Crippen LogP contribution in [0.5, 0.6) is 0 Å². The van der Waals surface area contributed by atoms with Gasteiger partial charge in [0.05, 0.1) is 4.90 Å². The van der Waals surface area contributed by atoms with Crippen molar-refractivity contribution < 1.29 is 8.42 Å². The van der Waals surface area contributed by atoms with E-state index >= 15 is 0 Å². The number of sulfonamides is 1. The van der Waals surface area contributed by atoms with Crippen molar-refractivity contribution in [3.8, 4) is 0 Å². The average molecular weight is 276 g/mol. The van der Waals surface area contributed by atoms with Crippen molar-refractivity contribution in [2.45, 2.75) is 4.90 Å². The van der Waals surface area contributed by atoms with Crippen LogP contribution in [0.4, 0.5) is 0 Å². The molecule has 94 valence electrons. The highest BCUT2D eigenvalue weighted by atomic mass is 35.5. The van der Waals surface area contributed by atoms with E-state index in [1.54, 1.807) is 17.1 Å². The van der Waals surface area contributed by atoms with Gasteiger partial charge in [0.15, 0.2) is 0 Å². The van der Waals surface area contributed by atoms with Crippen molar-refractivity contribution in [2.24, 2.45) is 5.84 Å². The monoisotopic (exact) mass is 275 g/mol. The van der Waals surface area contributed by atoms with Crippen LogP contribution in [-0.4, -0.2) is 43.9 Å². The lowest BCUT2D eigenvalue weighted by Crippen LogP contribution is -2.51. The second-order valence-corrected chi connectivity index (χ2v) is 6.27. The van der Waals surface area contributed by atoms with Crippen LogP contribution in [0.15, 0.2) is 29.2 Å². The highest BCUT2D eigenvalue weighted by Crippen LogP contribution is 2.19. The summed E-state index contributed by atoms with van der Waals surface area (Å²) in [5.74, 6) is 5.59. The van der Waals surface area contributed by atoms with E-state index in [1.165, 1.54) is 16.4 Å². The first-order chi connectivity index (χ1) is 8.00. The lowest BCUT2D eigenvalue weighted by atomic mass is 10.4. The van der Waals surface area contributed by atoms with E-state index in [9.17, 15) is 8.42 Å². The zero-order chi connectivity index (χ0) is 12.5. The molecular formula is C10H14ClN3O2S. The van der Waals surface area contributed by atoms with E-state index in [2.05, 4.69) is 0 Å². The SMILES string of the molecule is NN1CCN(S(=O)(=O)c2ccc(Cl)cc2)CC1. The lowest BCUT2D eigenvalue weighted by molar-refractivity contribution is 0.192. The third-order valence-corrected chi connectivity index (χ3v) is 4.89. The summed E-state index contributed by atoms with van der Waals surface area (Å²) in [5.41, 5.74) is 0. The summed E-state index contributed by atoms with van der Waals surface area (Å²) in [7, 11) is -3.41. The molecule has 0 saturated carbocycles. The van der Waals surface area contributed by atoms with E-state index in [0.717, 1.165) is 0 Å². The molecule has 7 heteroatoms.